The van der Waals surface area contributed by atoms with Crippen molar-refractivity contribution < 1.29 is 18.0 Å². The van der Waals surface area contributed by atoms with Crippen molar-refractivity contribution in [2.45, 2.75) is 71.0 Å². The molecule has 0 heterocycles. The van der Waals surface area contributed by atoms with Crippen LogP contribution in [-0.4, -0.2) is 43.8 Å². The maximum absolute atomic E-state index is 14.6. The Morgan fingerprint density at radius 1 is 0.826 bits per heavy atom. The molecule has 0 spiro atoms. The molecule has 0 aliphatic carbocycles. The summed E-state index contributed by atoms with van der Waals surface area (Å²) >= 11 is 6.33. The van der Waals surface area contributed by atoms with Crippen LogP contribution >= 0.6 is 11.6 Å². The highest BCUT2D eigenvalue weighted by Crippen LogP contribution is 2.29. The van der Waals surface area contributed by atoms with E-state index < -0.39 is 28.5 Å². The molecule has 242 valence electrons. The van der Waals surface area contributed by atoms with E-state index >= 15 is 0 Å². The van der Waals surface area contributed by atoms with E-state index in [0.29, 0.717) is 22.7 Å². The molecule has 0 aromatic heterocycles. The Labute approximate surface area is 278 Å². The van der Waals surface area contributed by atoms with Crippen molar-refractivity contribution in [3.63, 3.8) is 0 Å². The zero-order chi connectivity index (χ0) is 33.4. The van der Waals surface area contributed by atoms with Crippen LogP contribution in [0.25, 0.3) is 0 Å². The summed E-state index contributed by atoms with van der Waals surface area (Å²) in [6, 6.07) is 27.6. The summed E-state index contributed by atoms with van der Waals surface area (Å²) in [7, 11) is -4.18. The standard InChI is InChI=1S/C37H42ClN3O4S/c1-6-29(5)39-37(43)35(23-30-11-8-7-9-12-30)40(24-31-13-10-14-32(38)22-31)36(42)25-41(34-20-17-27(3)21-28(34)4)46(44,45)33-18-15-26(2)16-19-33/h7-22,29,35H,6,23-25H2,1-5H3,(H,39,43)/t29-,35+/m0/s1. The van der Waals surface area contributed by atoms with Crippen LogP contribution in [0.1, 0.15) is 48.1 Å². The van der Waals surface area contributed by atoms with Crippen molar-refractivity contribution in [2.24, 2.45) is 0 Å². The number of nitrogens with zero attached hydrogens (tertiary/aromatic N) is 2. The maximum Gasteiger partial charge on any atom is 0.264 e. The van der Waals surface area contributed by atoms with E-state index in [1.54, 1.807) is 48.5 Å². The van der Waals surface area contributed by atoms with Gasteiger partial charge in [0.25, 0.3) is 10.0 Å². The highest BCUT2D eigenvalue weighted by atomic mass is 35.5. The topological polar surface area (TPSA) is 86.8 Å². The molecule has 2 amide bonds. The molecule has 0 aliphatic rings. The van der Waals surface area contributed by atoms with Gasteiger partial charge in [-0.25, -0.2) is 8.42 Å². The Balaban J connectivity index is 1.83. The Kier molecular flexibility index (Phi) is 11.7. The van der Waals surface area contributed by atoms with E-state index in [9.17, 15) is 18.0 Å². The van der Waals surface area contributed by atoms with Gasteiger partial charge in [-0.1, -0.05) is 96.4 Å². The third-order valence-electron chi connectivity index (χ3n) is 8.02. The highest BCUT2D eigenvalue weighted by Gasteiger charge is 2.35. The third kappa shape index (κ3) is 8.77. The lowest BCUT2D eigenvalue weighted by Gasteiger charge is -2.34. The van der Waals surface area contributed by atoms with Crippen LogP contribution in [0.15, 0.2) is 102 Å². The Morgan fingerprint density at radius 3 is 2.11 bits per heavy atom. The summed E-state index contributed by atoms with van der Waals surface area (Å²) < 4.78 is 29.7. The molecule has 0 unspecified atom stereocenters. The second-order valence-electron chi connectivity index (χ2n) is 11.8. The number of carbonyl (C=O) groups excluding carboxylic acids is 2. The number of halogens is 1. The van der Waals surface area contributed by atoms with E-state index in [-0.39, 0.29) is 29.8 Å². The first kappa shape index (κ1) is 34.7. The molecule has 0 saturated heterocycles. The third-order valence-corrected chi connectivity index (χ3v) is 10.0. The first-order valence-electron chi connectivity index (χ1n) is 15.4. The number of amides is 2. The molecule has 0 radical (unpaired) electrons. The number of aryl methyl sites for hydroxylation is 3. The van der Waals surface area contributed by atoms with Crippen molar-refractivity contribution in [3.05, 3.63) is 130 Å². The monoisotopic (exact) mass is 659 g/mol. The van der Waals surface area contributed by atoms with Gasteiger partial charge in [0, 0.05) is 24.0 Å². The number of benzene rings is 4. The first-order valence-corrected chi connectivity index (χ1v) is 17.3. The highest BCUT2D eigenvalue weighted by molar-refractivity contribution is 7.92. The van der Waals surface area contributed by atoms with Crippen molar-refractivity contribution in [1.82, 2.24) is 10.2 Å². The molecule has 4 aromatic carbocycles. The van der Waals surface area contributed by atoms with Crippen LogP contribution in [0, 0.1) is 20.8 Å². The summed E-state index contributed by atoms with van der Waals surface area (Å²) in [6.07, 6.45) is 0.949. The minimum Gasteiger partial charge on any atom is -0.352 e. The van der Waals surface area contributed by atoms with Gasteiger partial charge in [-0.2, -0.15) is 0 Å². The Morgan fingerprint density at radius 2 is 1.48 bits per heavy atom. The summed E-state index contributed by atoms with van der Waals surface area (Å²) in [5, 5.41) is 3.55. The van der Waals surface area contributed by atoms with E-state index in [2.05, 4.69) is 5.32 Å². The van der Waals surface area contributed by atoms with Gasteiger partial charge in [0.05, 0.1) is 10.6 Å². The predicted molar refractivity (Wildman–Crippen MR) is 185 cm³/mol. The van der Waals surface area contributed by atoms with Gasteiger partial charge >= 0.3 is 0 Å². The number of nitrogens with one attached hydrogen (secondary N) is 1. The Hall–Kier alpha value is -4.14. The normalized spacial score (nSPS) is 12.7. The lowest BCUT2D eigenvalue weighted by Crippen LogP contribution is -2.54. The number of rotatable bonds is 13. The lowest BCUT2D eigenvalue weighted by atomic mass is 10.0. The van der Waals surface area contributed by atoms with E-state index in [4.69, 9.17) is 11.6 Å². The van der Waals surface area contributed by atoms with Gasteiger partial charge in [-0.05, 0) is 81.1 Å². The lowest BCUT2D eigenvalue weighted by molar-refractivity contribution is -0.140. The summed E-state index contributed by atoms with van der Waals surface area (Å²) in [6.45, 7) is 9.06. The van der Waals surface area contributed by atoms with Crippen LogP contribution in [-0.2, 0) is 32.6 Å². The SMILES string of the molecule is CC[C@H](C)NC(=O)[C@@H](Cc1ccccc1)N(Cc1cccc(Cl)c1)C(=O)CN(c1ccc(C)cc1C)S(=O)(=O)c1ccc(C)cc1. The van der Waals surface area contributed by atoms with Crippen LogP contribution in [0.5, 0.6) is 0 Å². The smallest absolute Gasteiger partial charge is 0.264 e. The molecule has 4 rings (SSSR count). The molecular weight excluding hydrogens is 618 g/mol. The van der Waals surface area contributed by atoms with Crippen LogP contribution in [0.2, 0.25) is 5.02 Å². The number of carbonyl (C=O) groups is 2. The van der Waals surface area contributed by atoms with Crippen molar-refractivity contribution >= 4 is 39.1 Å². The van der Waals surface area contributed by atoms with Gasteiger partial charge in [-0.3, -0.25) is 13.9 Å². The van der Waals surface area contributed by atoms with Crippen molar-refractivity contribution in [3.8, 4) is 0 Å². The van der Waals surface area contributed by atoms with E-state index in [0.717, 1.165) is 26.6 Å². The van der Waals surface area contributed by atoms with Crippen LogP contribution < -0.4 is 9.62 Å². The molecule has 0 aliphatic heterocycles. The van der Waals surface area contributed by atoms with Gasteiger partial charge in [0.15, 0.2) is 0 Å². The largest absolute Gasteiger partial charge is 0.352 e. The van der Waals surface area contributed by atoms with Crippen LogP contribution in [0.4, 0.5) is 5.69 Å². The second-order valence-corrected chi connectivity index (χ2v) is 14.1. The molecule has 0 fully saturated rings. The van der Waals surface area contributed by atoms with Crippen molar-refractivity contribution in [2.75, 3.05) is 10.8 Å². The maximum atomic E-state index is 14.6. The van der Waals surface area contributed by atoms with Gasteiger partial charge in [0.2, 0.25) is 11.8 Å². The van der Waals surface area contributed by atoms with E-state index in [1.165, 1.54) is 4.90 Å². The Bertz CT molecular complexity index is 1760. The average molecular weight is 660 g/mol. The summed E-state index contributed by atoms with van der Waals surface area (Å²) in [5.41, 5.74) is 4.57. The van der Waals surface area contributed by atoms with Crippen molar-refractivity contribution in [1.29, 1.82) is 0 Å². The zero-order valence-corrected chi connectivity index (χ0v) is 28.6. The van der Waals surface area contributed by atoms with Gasteiger partial charge in [0.1, 0.15) is 12.6 Å². The summed E-state index contributed by atoms with van der Waals surface area (Å²) in [4.78, 5) is 30.1. The fraction of sp³-hybridized carbons (Fsp3) is 0.297. The predicted octanol–water partition coefficient (Wildman–Crippen LogP) is 7.02. The fourth-order valence-corrected chi connectivity index (χ4v) is 6.95. The molecule has 0 saturated carbocycles. The molecular formula is C37H42ClN3O4S. The first-order chi connectivity index (χ1) is 21.9. The second kappa shape index (κ2) is 15.4. The fourth-order valence-electron chi connectivity index (χ4n) is 5.26. The molecule has 2 atom stereocenters. The van der Waals surface area contributed by atoms with E-state index in [1.807, 2.05) is 83.1 Å². The van der Waals surface area contributed by atoms with Crippen LogP contribution in [0.3, 0.4) is 0 Å². The minimum atomic E-state index is -4.18. The molecule has 7 nitrogen and oxygen atoms in total. The molecule has 9 heteroatoms. The average Bonchev–Trinajstić information content (AvgIpc) is 3.02. The quantitative estimate of drug-likeness (QED) is 0.167. The zero-order valence-electron chi connectivity index (χ0n) is 27.0. The number of sulfonamides is 1. The molecule has 1 N–H and O–H groups in total. The minimum absolute atomic E-state index is 0.0517. The van der Waals surface area contributed by atoms with Gasteiger partial charge < -0.3 is 10.2 Å². The summed E-state index contributed by atoms with van der Waals surface area (Å²) in [5.74, 6) is -0.830. The number of hydrogen-bond acceptors (Lipinski definition) is 4. The number of hydrogen-bond donors (Lipinski definition) is 1. The van der Waals surface area contributed by atoms with Gasteiger partial charge in [-0.15, -0.1) is 0 Å². The molecule has 46 heavy (non-hydrogen) atoms. The molecule has 4 aromatic rings. The number of anilines is 1. The molecule has 0 bridgehead atoms.